The van der Waals surface area contributed by atoms with Gasteiger partial charge in [0, 0.05) is 39.3 Å². The van der Waals surface area contributed by atoms with Crippen molar-refractivity contribution in [2.24, 2.45) is 0 Å². The molecule has 0 spiro atoms. The van der Waals surface area contributed by atoms with Crippen LogP contribution in [0.1, 0.15) is 67.2 Å². The minimum Gasteiger partial charge on any atom is -0.454 e. The molecular weight excluding hydrogens is 861 g/mol. The van der Waals surface area contributed by atoms with E-state index in [0.717, 1.165) is 126 Å². The second kappa shape index (κ2) is 20.9. The van der Waals surface area contributed by atoms with E-state index >= 15 is 0 Å². The van der Waals surface area contributed by atoms with Gasteiger partial charge in [0.1, 0.15) is 0 Å². The fraction of sp³-hybridized carbons (Fsp3) is 0.362. The van der Waals surface area contributed by atoms with Crippen LogP contribution in [0.2, 0.25) is 0 Å². The molecule has 0 saturated heterocycles. The Kier molecular flexibility index (Phi) is 13.4. The largest absolute Gasteiger partial charge is 0.454 e. The van der Waals surface area contributed by atoms with Crippen molar-refractivity contribution < 1.29 is 37.9 Å². The third-order valence-electron chi connectivity index (χ3n) is 11.2. The van der Waals surface area contributed by atoms with Gasteiger partial charge in [0.2, 0.25) is 62.9 Å². The first-order chi connectivity index (χ1) is 33.1. The Hall–Kier alpha value is -7.90. The van der Waals surface area contributed by atoms with E-state index in [0.29, 0.717) is 61.9 Å². The van der Waals surface area contributed by atoms with Crippen molar-refractivity contribution in [3.63, 3.8) is 0 Å². The van der Waals surface area contributed by atoms with Gasteiger partial charge in [0.05, 0.1) is 0 Å². The van der Waals surface area contributed by atoms with Crippen molar-refractivity contribution in [3.8, 4) is 46.0 Å². The van der Waals surface area contributed by atoms with Crippen LogP contribution in [0.4, 0.5) is 35.7 Å². The molecule has 0 radical (unpaired) electrons. The summed E-state index contributed by atoms with van der Waals surface area (Å²) in [6.45, 7) is 4.40. The molecule has 0 aliphatic carbocycles. The lowest BCUT2D eigenvalue weighted by Gasteiger charge is -2.12. The highest BCUT2D eigenvalue weighted by molar-refractivity contribution is 5.50. The Morgan fingerprint density at radius 2 is 0.522 bits per heavy atom. The zero-order valence-electron chi connectivity index (χ0n) is 36.9. The lowest BCUT2D eigenvalue weighted by molar-refractivity contribution is 0.173. The van der Waals surface area contributed by atoms with Crippen LogP contribution < -0.4 is 69.8 Å². The van der Waals surface area contributed by atoms with Gasteiger partial charge >= 0.3 is 0 Å². The number of anilines is 6. The van der Waals surface area contributed by atoms with Gasteiger partial charge in [-0.2, -0.15) is 29.9 Å². The summed E-state index contributed by atoms with van der Waals surface area (Å²) in [5.41, 5.74) is 4.06. The number of hydrogen-bond donors (Lipinski definition) is 6. The Balaban J connectivity index is 0.664. The average molecular weight is 913 g/mol. The topological polar surface area (TPSA) is 223 Å². The molecule has 4 aliphatic heterocycles. The molecule has 0 atom stereocenters. The number of rotatable bonds is 24. The maximum atomic E-state index is 5.55. The SMILES string of the molecule is c1cc2c(cc1CNc1nc(NCCCCCCCCCNc3nc(NCc4ccc5c(c4)OCO5)nc(NCc4ccc5c(c4)OCO5)n3)nc(NCc3ccc4c(c3)OCO4)n1)OCO2. The Morgan fingerprint density at radius 1 is 0.284 bits per heavy atom. The predicted octanol–water partition coefficient (Wildman–Crippen LogP) is 7.67. The van der Waals surface area contributed by atoms with Crippen LogP contribution in [0, 0.1) is 0 Å². The number of aromatic nitrogens is 6. The Labute approximate surface area is 386 Å². The zero-order valence-corrected chi connectivity index (χ0v) is 36.9. The summed E-state index contributed by atoms with van der Waals surface area (Å²) in [6, 6.07) is 23.4. The molecular formula is C47H52N12O8. The average Bonchev–Trinajstić information content (AvgIpc) is 4.21. The molecule has 0 fully saturated rings. The minimum atomic E-state index is 0.229. The molecule has 20 nitrogen and oxygen atoms in total. The summed E-state index contributed by atoms with van der Waals surface area (Å²) in [4.78, 5) is 28.0. The maximum Gasteiger partial charge on any atom is 0.231 e. The minimum absolute atomic E-state index is 0.229. The number of nitrogens with zero attached hydrogens (tertiary/aromatic N) is 6. The predicted molar refractivity (Wildman–Crippen MR) is 249 cm³/mol. The Morgan fingerprint density at radius 3 is 0.806 bits per heavy atom. The van der Waals surface area contributed by atoms with E-state index in [9.17, 15) is 0 Å². The second-order valence-electron chi connectivity index (χ2n) is 16.1. The summed E-state index contributed by atoms with van der Waals surface area (Å²) >= 11 is 0. The zero-order chi connectivity index (χ0) is 45.0. The first-order valence-corrected chi connectivity index (χ1v) is 22.6. The molecule has 0 unspecified atom stereocenters. The van der Waals surface area contributed by atoms with Crippen molar-refractivity contribution >= 4 is 35.7 Å². The van der Waals surface area contributed by atoms with Crippen molar-refractivity contribution in [2.45, 2.75) is 71.1 Å². The molecule has 348 valence electrons. The summed E-state index contributed by atoms with van der Waals surface area (Å²) in [7, 11) is 0. The van der Waals surface area contributed by atoms with Gasteiger partial charge < -0.3 is 69.8 Å². The molecule has 6 aromatic rings. The lowest BCUT2D eigenvalue weighted by atomic mass is 10.1. The number of ether oxygens (including phenoxy) is 8. The van der Waals surface area contributed by atoms with Crippen molar-refractivity contribution in [1.29, 1.82) is 0 Å². The molecule has 20 heteroatoms. The molecule has 6 heterocycles. The number of hydrogen-bond acceptors (Lipinski definition) is 20. The van der Waals surface area contributed by atoms with Gasteiger partial charge in [-0.05, 0) is 83.6 Å². The van der Waals surface area contributed by atoms with Crippen LogP contribution in [-0.4, -0.2) is 70.2 Å². The first-order valence-electron chi connectivity index (χ1n) is 22.6. The maximum absolute atomic E-state index is 5.55. The van der Waals surface area contributed by atoms with Gasteiger partial charge in [-0.15, -0.1) is 0 Å². The van der Waals surface area contributed by atoms with E-state index < -0.39 is 0 Å². The number of benzene rings is 4. The van der Waals surface area contributed by atoms with E-state index in [4.69, 9.17) is 37.9 Å². The van der Waals surface area contributed by atoms with Crippen LogP contribution in [0.15, 0.2) is 72.8 Å². The molecule has 6 N–H and O–H groups in total. The molecule has 10 rings (SSSR count). The van der Waals surface area contributed by atoms with Gasteiger partial charge in [0.15, 0.2) is 46.0 Å². The molecule has 0 bridgehead atoms. The first kappa shape index (κ1) is 43.0. The van der Waals surface area contributed by atoms with E-state index in [1.165, 1.54) is 0 Å². The third kappa shape index (κ3) is 11.5. The van der Waals surface area contributed by atoms with Gasteiger partial charge in [-0.25, -0.2) is 0 Å². The third-order valence-corrected chi connectivity index (χ3v) is 11.2. The molecule has 67 heavy (non-hydrogen) atoms. The summed E-state index contributed by atoms with van der Waals surface area (Å²) in [5.74, 6) is 8.72. The highest BCUT2D eigenvalue weighted by Crippen LogP contribution is 2.36. The van der Waals surface area contributed by atoms with E-state index in [2.05, 4.69) is 61.8 Å². The summed E-state index contributed by atoms with van der Waals surface area (Å²) < 4.78 is 44.1. The van der Waals surface area contributed by atoms with Crippen LogP contribution in [0.25, 0.3) is 0 Å². The van der Waals surface area contributed by atoms with Crippen molar-refractivity contribution in [1.82, 2.24) is 29.9 Å². The monoisotopic (exact) mass is 912 g/mol. The molecule has 0 amide bonds. The van der Waals surface area contributed by atoms with E-state index in [-0.39, 0.29) is 27.2 Å². The quantitative estimate of drug-likeness (QED) is 0.0320. The molecule has 2 aromatic heterocycles. The van der Waals surface area contributed by atoms with Crippen LogP contribution >= 0.6 is 0 Å². The fourth-order valence-corrected chi connectivity index (χ4v) is 7.69. The smallest absolute Gasteiger partial charge is 0.231 e. The normalized spacial score (nSPS) is 13.4. The number of nitrogens with one attached hydrogen (secondary N) is 6. The Bertz CT molecular complexity index is 2320. The van der Waals surface area contributed by atoms with E-state index in [1.807, 2.05) is 72.8 Å². The van der Waals surface area contributed by atoms with Crippen LogP contribution in [-0.2, 0) is 26.2 Å². The van der Waals surface area contributed by atoms with Gasteiger partial charge in [-0.1, -0.05) is 56.4 Å². The van der Waals surface area contributed by atoms with Crippen molar-refractivity contribution in [2.75, 3.05) is 72.2 Å². The van der Waals surface area contributed by atoms with Crippen molar-refractivity contribution in [3.05, 3.63) is 95.1 Å². The highest BCUT2D eigenvalue weighted by atomic mass is 16.7. The lowest BCUT2D eigenvalue weighted by Crippen LogP contribution is -2.13. The van der Waals surface area contributed by atoms with Crippen LogP contribution in [0.3, 0.4) is 0 Å². The second-order valence-corrected chi connectivity index (χ2v) is 16.1. The summed E-state index contributed by atoms with van der Waals surface area (Å²) in [6.07, 6.45) is 7.60. The number of fused-ring (bicyclic) bond motifs is 4. The highest BCUT2D eigenvalue weighted by Gasteiger charge is 2.18. The molecule has 0 saturated carbocycles. The summed E-state index contributed by atoms with van der Waals surface area (Å²) in [5, 5.41) is 20.2. The fourth-order valence-electron chi connectivity index (χ4n) is 7.69. The van der Waals surface area contributed by atoms with E-state index in [1.54, 1.807) is 0 Å². The van der Waals surface area contributed by atoms with Gasteiger partial charge in [0.25, 0.3) is 0 Å². The standard InChI is InChI=1S/C47H52N12O8/c1(2-4-6-16-48-42-54-44(50-22-30-8-12-34-38(18-30)64-26-60-34)58-45(55-42)51-23-31-9-13-35-39(19-31)65-27-61-35)3-5-7-17-49-43-56-46(52-24-32-10-14-36-40(20-32)66-28-62-36)59-47(57-43)53-25-33-11-15-37-41(21-33)67-29-63-37/h8-15,18-21H,1-7,16-17,22-29H2,(H3,48,50,51,54,55,58)(H3,49,52,53,56,57,59). The van der Waals surface area contributed by atoms with Crippen LogP contribution in [0.5, 0.6) is 46.0 Å². The molecule has 4 aromatic carbocycles. The number of unbranched alkanes of at least 4 members (excludes halogenated alkanes) is 6. The molecule has 4 aliphatic rings. The van der Waals surface area contributed by atoms with Gasteiger partial charge in [-0.3, -0.25) is 0 Å².